The second-order valence-corrected chi connectivity index (χ2v) is 10.6. The fourth-order valence-corrected chi connectivity index (χ4v) is 5.15. The second-order valence-electron chi connectivity index (χ2n) is 7.86. The van der Waals surface area contributed by atoms with E-state index in [-0.39, 0.29) is 4.90 Å². The Labute approximate surface area is 215 Å². The summed E-state index contributed by atoms with van der Waals surface area (Å²) in [6.45, 7) is 7.50. The number of nitrogens with one attached hydrogen (secondary N) is 1. The first-order chi connectivity index (χ1) is 16.7. The number of hydrazone groups is 1. The van der Waals surface area contributed by atoms with Gasteiger partial charge in [-0.25, -0.2) is 13.8 Å². The van der Waals surface area contributed by atoms with Gasteiger partial charge in [-0.05, 0) is 74.9 Å². The minimum Gasteiger partial charge on any atom is -0.372 e. The Hall–Kier alpha value is -3.17. The van der Waals surface area contributed by atoms with Crippen LogP contribution in [0.1, 0.15) is 25.0 Å². The summed E-state index contributed by atoms with van der Waals surface area (Å²) < 4.78 is 28.7. The third kappa shape index (κ3) is 6.93. The Kier molecular flexibility index (Phi) is 9.06. The zero-order valence-corrected chi connectivity index (χ0v) is 22.4. The molecule has 3 aromatic carbocycles. The lowest BCUT2D eigenvalue weighted by Gasteiger charge is -2.23. The Morgan fingerprint density at radius 3 is 2.06 bits per heavy atom. The average Bonchev–Trinajstić information content (AvgIpc) is 2.85. The van der Waals surface area contributed by atoms with E-state index in [4.69, 9.17) is 0 Å². The summed E-state index contributed by atoms with van der Waals surface area (Å²) in [7, 11) is -3.97. The summed E-state index contributed by atoms with van der Waals surface area (Å²) in [6.07, 6.45) is 1.53. The van der Waals surface area contributed by atoms with Crippen molar-refractivity contribution in [2.75, 3.05) is 28.8 Å². The summed E-state index contributed by atoms with van der Waals surface area (Å²) in [4.78, 5) is 15.0. The molecule has 0 aliphatic carbocycles. The lowest BCUT2D eigenvalue weighted by atomic mass is 10.2. The van der Waals surface area contributed by atoms with Crippen LogP contribution in [0.5, 0.6) is 0 Å². The van der Waals surface area contributed by atoms with Gasteiger partial charge in [-0.15, -0.1) is 0 Å². The van der Waals surface area contributed by atoms with Crippen molar-refractivity contribution in [3.63, 3.8) is 0 Å². The lowest BCUT2D eigenvalue weighted by Crippen LogP contribution is -2.39. The molecule has 0 aromatic heterocycles. The summed E-state index contributed by atoms with van der Waals surface area (Å²) in [5, 5.41) is 4.02. The van der Waals surface area contributed by atoms with Gasteiger partial charge in [0.25, 0.3) is 15.9 Å². The Bertz CT molecular complexity index is 1260. The number of aryl methyl sites for hydroxylation is 1. The summed E-state index contributed by atoms with van der Waals surface area (Å²) in [6, 6.07) is 21.1. The molecule has 0 spiro atoms. The lowest BCUT2D eigenvalue weighted by molar-refractivity contribution is -0.119. The van der Waals surface area contributed by atoms with E-state index in [9.17, 15) is 13.2 Å². The van der Waals surface area contributed by atoms with E-state index in [0.29, 0.717) is 5.69 Å². The van der Waals surface area contributed by atoms with E-state index in [1.54, 1.807) is 36.4 Å². The molecule has 1 N–H and O–H groups in total. The maximum atomic E-state index is 13.4. The van der Waals surface area contributed by atoms with Gasteiger partial charge < -0.3 is 4.90 Å². The minimum absolute atomic E-state index is 0.107. The number of anilines is 2. The molecule has 0 fully saturated rings. The van der Waals surface area contributed by atoms with Gasteiger partial charge in [-0.1, -0.05) is 45.8 Å². The first-order valence-corrected chi connectivity index (χ1v) is 13.5. The van der Waals surface area contributed by atoms with Gasteiger partial charge in [-0.2, -0.15) is 5.10 Å². The van der Waals surface area contributed by atoms with E-state index < -0.39 is 22.5 Å². The maximum Gasteiger partial charge on any atom is 0.264 e. The molecule has 7 nitrogen and oxygen atoms in total. The van der Waals surface area contributed by atoms with E-state index in [1.165, 1.54) is 18.3 Å². The van der Waals surface area contributed by atoms with Crippen LogP contribution in [0, 0.1) is 6.92 Å². The van der Waals surface area contributed by atoms with Crippen molar-refractivity contribution >= 4 is 49.4 Å². The molecule has 184 valence electrons. The molecule has 3 aromatic rings. The topological polar surface area (TPSA) is 82.1 Å². The Morgan fingerprint density at radius 1 is 0.914 bits per heavy atom. The molecule has 0 saturated heterocycles. The van der Waals surface area contributed by atoms with Gasteiger partial charge in [0.15, 0.2) is 0 Å². The predicted octanol–water partition coefficient (Wildman–Crippen LogP) is 4.95. The highest BCUT2D eigenvalue weighted by molar-refractivity contribution is 9.10. The highest BCUT2D eigenvalue weighted by Gasteiger charge is 2.27. The monoisotopic (exact) mass is 556 g/mol. The van der Waals surface area contributed by atoms with Crippen LogP contribution in [0.2, 0.25) is 0 Å². The molecule has 3 rings (SSSR count). The van der Waals surface area contributed by atoms with Crippen molar-refractivity contribution in [3.8, 4) is 0 Å². The van der Waals surface area contributed by atoms with Crippen molar-refractivity contribution in [2.24, 2.45) is 5.10 Å². The maximum absolute atomic E-state index is 13.4. The van der Waals surface area contributed by atoms with Crippen molar-refractivity contribution < 1.29 is 13.2 Å². The van der Waals surface area contributed by atoms with Crippen LogP contribution in [0.15, 0.2) is 87.3 Å². The first kappa shape index (κ1) is 26.4. The van der Waals surface area contributed by atoms with Gasteiger partial charge in [0, 0.05) is 23.2 Å². The molecule has 0 unspecified atom stereocenters. The summed E-state index contributed by atoms with van der Waals surface area (Å²) in [5.41, 5.74) is 5.69. The molecule has 0 atom stereocenters. The smallest absolute Gasteiger partial charge is 0.264 e. The first-order valence-electron chi connectivity index (χ1n) is 11.3. The van der Waals surface area contributed by atoms with Crippen LogP contribution in [0.3, 0.4) is 0 Å². The molecule has 0 aliphatic rings. The van der Waals surface area contributed by atoms with Gasteiger partial charge in [0.05, 0.1) is 16.8 Å². The van der Waals surface area contributed by atoms with E-state index in [1.807, 2.05) is 31.2 Å². The summed E-state index contributed by atoms with van der Waals surface area (Å²) in [5.74, 6) is -0.556. The Balaban J connectivity index is 1.75. The molecule has 0 aliphatic heterocycles. The van der Waals surface area contributed by atoms with Crippen molar-refractivity contribution in [1.29, 1.82) is 0 Å². The van der Waals surface area contributed by atoms with Crippen LogP contribution in [0.4, 0.5) is 11.4 Å². The van der Waals surface area contributed by atoms with Gasteiger partial charge in [0.1, 0.15) is 6.54 Å². The molecule has 0 bridgehead atoms. The number of nitrogens with zero attached hydrogens (tertiary/aromatic N) is 3. The van der Waals surface area contributed by atoms with Crippen LogP contribution in [-0.2, 0) is 14.8 Å². The number of sulfonamides is 1. The van der Waals surface area contributed by atoms with E-state index >= 15 is 0 Å². The minimum atomic E-state index is -3.97. The van der Waals surface area contributed by atoms with Gasteiger partial charge in [-0.3, -0.25) is 9.10 Å². The highest BCUT2D eigenvalue weighted by Crippen LogP contribution is 2.25. The fraction of sp³-hybridized carbons (Fsp3) is 0.231. The van der Waals surface area contributed by atoms with Crippen molar-refractivity contribution in [3.05, 3.63) is 88.4 Å². The molecule has 35 heavy (non-hydrogen) atoms. The predicted molar refractivity (Wildman–Crippen MR) is 146 cm³/mol. The third-order valence-electron chi connectivity index (χ3n) is 5.44. The quantitative estimate of drug-likeness (QED) is 0.283. The standard InChI is InChI=1S/C26H29BrN4O3S/c1-4-30(5-2)23-12-8-21(9-13-23)18-28-29-26(32)19-31(24-14-10-22(27)11-15-24)35(33,34)25-16-6-20(3)7-17-25/h6-18H,4-5,19H2,1-3H3,(H,29,32)/b28-18-. The zero-order valence-electron chi connectivity index (χ0n) is 20.0. The molecular weight excluding hydrogens is 528 g/mol. The normalized spacial score (nSPS) is 11.4. The van der Waals surface area contributed by atoms with Gasteiger partial charge in [0.2, 0.25) is 0 Å². The molecule has 0 heterocycles. The molecule has 0 saturated carbocycles. The Morgan fingerprint density at radius 2 is 1.49 bits per heavy atom. The van der Waals surface area contributed by atoms with E-state index in [0.717, 1.165) is 38.7 Å². The number of benzene rings is 3. The molecule has 9 heteroatoms. The van der Waals surface area contributed by atoms with Crippen LogP contribution in [-0.4, -0.2) is 40.2 Å². The number of hydrogen-bond donors (Lipinski definition) is 1. The molecule has 0 radical (unpaired) electrons. The summed E-state index contributed by atoms with van der Waals surface area (Å²) >= 11 is 3.36. The second kappa shape index (κ2) is 12.0. The SMILES string of the molecule is CCN(CC)c1ccc(/C=N\NC(=O)CN(c2ccc(Br)cc2)S(=O)(=O)c2ccc(C)cc2)cc1. The number of halogens is 1. The van der Waals surface area contributed by atoms with Crippen LogP contribution in [0.25, 0.3) is 0 Å². The van der Waals surface area contributed by atoms with Gasteiger partial charge >= 0.3 is 0 Å². The third-order valence-corrected chi connectivity index (χ3v) is 7.75. The largest absolute Gasteiger partial charge is 0.372 e. The van der Waals surface area contributed by atoms with Crippen molar-refractivity contribution in [2.45, 2.75) is 25.7 Å². The number of rotatable bonds is 10. The molecular formula is C26H29BrN4O3S. The van der Waals surface area contributed by atoms with Crippen LogP contribution < -0.4 is 14.6 Å². The number of carbonyl (C=O) groups excluding carboxylic acids is 1. The van der Waals surface area contributed by atoms with Crippen molar-refractivity contribution in [1.82, 2.24) is 5.43 Å². The molecule has 1 amide bonds. The fourth-order valence-electron chi connectivity index (χ4n) is 3.46. The highest BCUT2D eigenvalue weighted by atomic mass is 79.9. The average molecular weight is 558 g/mol. The zero-order chi connectivity index (χ0) is 25.4. The number of hydrogen-bond acceptors (Lipinski definition) is 5. The van der Waals surface area contributed by atoms with Crippen LogP contribution >= 0.6 is 15.9 Å². The number of carbonyl (C=O) groups is 1. The van der Waals surface area contributed by atoms with E-state index in [2.05, 4.69) is 45.2 Å². The number of amides is 1.